The second kappa shape index (κ2) is 17.7. The number of rotatable bonds is 7. The summed E-state index contributed by atoms with van der Waals surface area (Å²) in [5, 5.41) is 0. The van der Waals surface area contributed by atoms with E-state index in [-0.39, 0.29) is 7.43 Å². The van der Waals surface area contributed by atoms with Crippen LogP contribution >= 0.6 is 0 Å². The van der Waals surface area contributed by atoms with Gasteiger partial charge in [0.1, 0.15) is 0 Å². The fraction of sp³-hybridized carbons (Fsp3) is 0.588. The highest BCUT2D eigenvalue weighted by Gasteiger charge is 2.19. The van der Waals surface area contributed by atoms with Gasteiger partial charge in [0.25, 0.3) is 0 Å². The summed E-state index contributed by atoms with van der Waals surface area (Å²) >= 11 is 0. The fourth-order valence-corrected chi connectivity index (χ4v) is 5.64. The number of likely N-dealkylation sites (tertiary alicyclic amines) is 1. The van der Waals surface area contributed by atoms with Crippen molar-refractivity contribution in [2.45, 2.75) is 116 Å². The highest BCUT2D eigenvalue weighted by atomic mass is 15.2. The Balaban J connectivity index is 0.000000213. The maximum atomic E-state index is 5.18. The van der Waals surface area contributed by atoms with Gasteiger partial charge in [-0.15, -0.1) is 0 Å². The van der Waals surface area contributed by atoms with Crippen LogP contribution in [0.5, 0.6) is 0 Å². The summed E-state index contributed by atoms with van der Waals surface area (Å²) in [6, 6.07) is 25.0. The summed E-state index contributed by atoms with van der Waals surface area (Å²) in [6.07, 6.45) is 18.1. The molecule has 3 fully saturated rings. The zero-order valence-corrected chi connectivity index (χ0v) is 22.7. The Bertz CT molecular complexity index is 960. The van der Waals surface area contributed by atoms with Gasteiger partial charge in [-0.2, -0.15) is 0 Å². The first kappa shape index (κ1) is 29.8. The highest BCUT2D eigenvalue weighted by molar-refractivity contribution is 5.83. The van der Waals surface area contributed by atoms with Crippen LogP contribution in [0.2, 0.25) is 0 Å². The van der Waals surface area contributed by atoms with Crippen LogP contribution in [0.25, 0.3) is 0 Å². The van der Waals surface area contributed by atoms with E-state index in [4.69, 9.17) is 4.99 Å². The molecule has 2 aromatic rings. The third-order valence-electron chi connectivity index (χ3n) is 7.85. The summed E-state index contributed by atoms with van der Waals surface area (Å²) in [6.45, 7) is 3.14. The molecule has 38 heavy (non-hydrogen) atoms. The molecule has 2 aromatic carbocycles. The van der Waals surface area contributed by atoms with Crippen LogP contribution in [0.4, 0.5) is 0 Å². The summed E-state index contributed by atoms with van der Waals surface area (Å²) in [5.41, 5.74) is 2.65. The second-order valence-electron chi connectivity index (χ2n) is 10.8. The van der Waals surface area contributed by atoms with Crippen molar-refractivity contribution < 1.29 is 0 Å². The summed E-state index contributed by atoms with van der Waals surface area (Å²) in [7, 11) is 0. The maximum absolute atomic E-state index is 5.18. The van der Waals surface area contributed by atoms with E-state index in [0.29, 0.717) is 18.6 Å². The van der Waals surface area contributed by atoms with Crippen molar-refractivity contribution in [3.05, 3.63) is 71.8 Å². The van der Waals surface area contributed by atoms with Crippen LogP contribution in [0, 0.1) is 0 Å². The molecule has 1 heterocycles. The largest absolute Gasteiger partial charge is 0.360 e. The van der Waals surface area contributed by atoms with Gasteiger partial charge in [0.05, 0.1) is 30.5 Å². The van der Waals surface area contributed by atoms with Crippen molar-refractivity contribution in [3.8, 4) is 0 Å². The Hall–Kier alpha value is -2.71. The molecule has 0 N–H and O–H groups in total. The third-order valence-corrected chi connectivity index (χ3v) is 7.85. The molecule has 1 saturated heterocycles. The molecular weight excluding hydrogens is 464 g/mol. The normalized spacial score (nSPS) is 18.5. The Morgan fingerprint density at radius 3 is 1.84 bits per heavy atom. The molecule has 2 aliphatic carbocycles. The van der Waals surface area contributed by atoms with Crippen molar-refractivity contribution in [3.63, 3.8) is 0 Å². The molecule has 4 nitrogen and oxygen atoms in total. The molecule has 4 heteroatoms. The monoisotopic (exact) mass is 514 g/mol. The van der Waals surface area contributed by atoms with Gasteiger partial charge in [-0.05, 0) is 56.1 Å². The highest BCUT2D eigenvalue weighted by Crippen LogP contribution is 2.22. The molecule has 5 rings (SSSR count). The van der Waals surface area contributed by atoms with E-state index in [2.05, 4.69) is 63.4 Å². The molecule has 0 unspecified atom stereocenters. The minimum atomic E-state index is 0. The van der Waals surface area contributed by atoms with E-state index in [9.17, 15) is 0 Å². The molecule has 0 radical (unpaired) electrons. The first-order valence-electron chi connectivity index (χ1n) is 14.9. The van der Waals surface area contributed by atoms with Crippen LogP contribution in [0.3, 0.4) is 0 Å². The van der Waals surface area contributed by atoms with E-state index in [0.717, 1.165) is 12.8 Å². The van der Waals surface area contributed by atoms with Crippen LogP contribution in [-0.2, 0) is 13.0 Å². The quantitative estimate of drug-likeness (QED) is 0.269. The molecule has 0 aromatic heterocycles. The third kappa shape index (κ3) is 11.0. The Morgan fingerprint density at radius 1 is 0.684 bits per heavy atom. The van der Waals surface area contributed by atoms with Crippen LogP contribution in [-0.4, -0.2) is 41.9 Å². The molecular formula is C34H50N4. The van der Waals surface area contributed by atoms with Crippen molar-refractivity contribution in [2.24, 2.45) is 15.0 Å². The van der Waals surface area contributed by atoms with E-state index >= 15 is 0 Å². The second-order valence-corrected chi connectivity index (χ2v) is 10.8. The minimum Gasteiger partial charge on any atom is -0.360 e. The molecule has 0 bridgehead atoms. The first-order valence-corrected chi connectivity index (χ1v) is 14.9. The van der Waals surface area contributed by atoms with Gasteiger partial charge in [-0.25, -0.2) is 9.98 Å². The van der Waals surface area contributed by atoms with Crippen LogP contribution < -0.4 is 0 Å². The molecule has 0 spiro atoms. The lowest BCUT2D eigenvalue weighted by atomic mass is 9.96. The number of hydrogen-bond donors (Lipinski definition) is 0. The lowest BCUT2D eigenvalue weighted by Gasteiger charge is -2.25. The Kier molecular flexibility index (Phi) is 13.9. The molecule has 0 amide bonds. The van der Waals surface area contributed by atoms with Crippen LogP contribution in [0.15, 0.2) is 75.6 Å². The van der Waals surface area contributed by atoms with E-state index in [1.165, 1.54) is 107 Å². The number of aliphatic imine (C=N–C) groups is 3. The Labute approximate surface area is 232 Å². The molecule has 2 saturated carbocycles. The smallest absolute Gasteiger partial charge is 0.0995 e. The predicted octanol–water partition coefficient (Wildman–Crippen LogP) is 8.78. The molecule has 1 aliphatic heterocycles. The SMILES string of the molecule is C.C(=NCc1ccccc1)=NC1CCCCC1.c1ccc(CCC(=NC2CCCCC2)N2CCCC2)cc1. The minimum absolute atomic E-state index is 0. The lowest BCUT2D eigenvalue weighted by molar-refractivity contribution is 0.429. The van der Waals surface area contributed by atoms with E-state index in [1.54, 1.807) is 0 Å². The zero-order chi connectivity index (χ0) is 25.4. The number of amidine groups is 1. The van der Waals surface area contributed by atoms with Crippen LogP contribution in [0.1, 0.15) is 102 Å². The van der Waals surface area contributed by atoms with Gasteiger partial charge in [0, 0.05) is 19.5 Å². The molecule has 3 aliphatic rings. The average molecular weight is 515 g/mol. The van der Waals surface area contributed by atoms with Crippen molar-refractivity contribution >= 4 is 11.8 Å². The zero-order valence-electron chi connectivity index (χ0n) is 22.7. The van der Waals surface area contributed by atoms with Crippen molar-refractivity contribution in [2.75, 3.05) is 13.1 Å². The fourth-order valence-electron chi connectivity index (χ4n) is 5.64. The molecule has 206 valence electrons. The van der Waals surface area contributed by atoms with Gasteiger partial charge >= 0.3 is 0 Å². The van der Waals surface area contributed by atoms with E-state index < -0.39 is 0 Å². The maximum Gasteiger partial charge on any atom is 0.0995 e. The van der Waals surface area contributed by atoms with Crippen molar-refractivity contribution in [1.82, 2.24) is 4.90 Å². The number of hydrogen-bond acceptors (Lipinski definition) is 3. The summed E-state index contributed by atoms with van der Waals surface area (Å²) in [5.74, 6) is 1.39. The number of benzene rings is 2. The van der Waals surface area contributed by atoms with Crippen molar-refractivity contribution in [1.29, 1.82) is 0 Å². The number of aryl methyl sites for hydroxylation is 1. The topological polar surface area (TPSA) is 40.3 Å². The summed E-state index contributed by atoms with van der Waals surface area (Å²) < 4.78 is 0. The van der Waals surface area contributed by atoms with Gasteiger partial charge in [0.2, 0.25) is 0 Å². The predicted molar refractivity (Wildman–Crippen MR) is 163 cm³/mol. The van der Waals surface area contributed by atoms with Gasteiger partial charge in [0.15, 0.2) is 0 Å². The molecule has 0 atom stereocenters. The first-order chi connectivity index (χ1) is 18.4. The van der Waals surface area contributed by atoms with Gasteiger partial charge in [-0.1, -0.05) is 107 Å². The number of nitrogens with zero attached hydrogens (tertiary/aromatic N) is 4. The lowest BCUT2D eigenvalue weighted by Crippen LogP contribution is -2.30. The van der Waals surface area contributed by atoms with Gasteiger partial charge in [-0.3, -0.25) is 4.99 Å². The standard InChI is InChI=1S/C19H28N2.C14H18N2.CH4/c1-3-9-17(10-4-1)13-14-19(21-15-7-8-16-21)20-18-11-5-2-6-12-18;1-3-7-13(8-4-1)11-15-12-16-14-9-5-2-6-10-14;/h1,3-4,9-10,18H,2,5-8,11-16H2;1,3-4,7-8,14H,2,5-6,9-11H2;1H4. The van der Waals surface area contributed by atoms with E-state index in [1.807, 2.05) is 18.2 Å². The average Bonchev–Trinajstić information content (AvgIpc) is 3.51. The Morgan fingerprint density at radius 2 is 1.24 bits per heavy atom. The van der Waals surface area contributed by atoms with Gasteiger partial charge < -0.3 is 4.90 Å². The summed E-state index contributed by atoms with van der Waals surface area (Å²) in [4.78, 5) is 16.3.